The van der Waals surface area contributed by atoms with Crippen molar-refractivity contribution < 1.29 is 14.3 Å². The number of rotatable bonds is 10. The summed E-state index contributed by atoms with van der Waals surface area (Å²) >= 11 is 0. The Balaban J connectivity index is 2.72. The third-order valence-corrected chi connectivity index (χ3v) is 3.54. The van der Waals surface area contributed by atoms with E-state index in [0.29, 0.717) is 12.2 Å². The van der Waals surface area contributed by atoms with Gasteiger partial charge in [0.15, 0.2) is 0 Å². The zero-order valence-corrected chi connectivity index (χ0v) is 13.6. The maximum atomic E-state index is 12.4. The number of benzene rings is 1. The summed E-state index contributed by atoms with van der Waals surface area (Å²) in [6.45, 7) is 4.74. The summed E-state index contributed by atoms with van der Waals surface area (Å²) < 4.78 is 10.8. The van der Waals surface area contributed by atoms with Gasteiger partial charge in [0.1, 0.15) is 6.10 Å². The van der Waals surface area contributed by atoms with Crippen LogP contribution in [0.15, 0.2) is 24.3 Å². The smallest absolute Gasteiger partial charge is 0.338 e. The Morgan fingerprint density at radius 3 is 2.52 bits per heavy atom. The number of esters is 1. The van der Waals surface area contributed by atoms with Crippen molar-refractivity contribution in [3.63, 3.8) is 0 Å². The third-order valence-electron chi connectivity index (χ3n) is 3.54. The predicted molar refractivity (Wildman–Crippen MR) is 85.7 cm³/mol. The van der Waals surface area contributed by atoms with E-state index in [2.05, 4.69) is 13.8 Å². The first kappa shape index (κ1) is 17.7. The molecule has 0 radical (unpaired) electrons. The van der Waals surface area contributed by atoms with Crippen LogP contribution in [0, 0.1) is 0 Å². The zero-order chi connectivity index (χ0) is 15.5. The summed E-state index contributed by atoms with van der Waals surface area (Å²) in [6, 6.07) is 7.75. The van der Waals surface area contributed by atoms with E-state index in [4.69, 9.17) is 9.47 Å². The fourth-order valence-corrected chi connectivity index (χ4v) is 2.31. The lowest BCUT2D eigenvalue weighted by Crippen LogP contribution is -2.23. The first-order valence-electron chi connectivity index (χ1n) is 8.00. The lowest BCUT2D eigenvalue weighted by atomic mass is 10.0. The molecule has 0 saturated heterocycles. The first-order chi connectivity index (χ1) is 10.2. The van der Waals surface area contributed by atoms with Gasteiger partial charge in [0.25, 0.3) is 0 Å². The molecule has 0 N–H and O–H groups in total. The van der Waals surface area contributed by atoms with E-state index in [0.717, 1.165) is 44.1 Å². The summed E-state index contributed by atoms with van der Waals surface area (Å²) in [7, 11) is 1.64. The third kappa shape index (κ3) is 6.30. The average molecular weight is 292 g/mol. The number of unbranched alkanes of at least 4 members (excludes halogenated alkanes) is 2. The fourth-order valence-electron chi connectivity index (χ4n) is 2.31. The molecule has 21 heavy (non-hydrogen) atoms. The van der Waals surface area contributed by atoms with Crippen LogP contribution in [0.4, 0.5) is 0 Å². The number of hydrogen-bond donors (Lipinski definition) is 0. The Hall–Kier alpha value is -1.35. The summed E-state index contributed by atoms with van der Waals surface area (Å²) in [5, 5.41) is 0. The van der Waals surface area contributed by atoms with E-state index in [-0.39, 0.29) is 12.1 Å². The molecular weight excluding hydrogens is 264 g/mol. The molecule has 0 fully saturated rings. The molecule has 3 nitrogen and oxygen atoms in total. The molecule has 0 bridgehead atoms. The Labute approximate surface area is 128 Å². The Kier molecular flexibility index (Phi) is 8.76. The molecule has 0 aliphatic carbocycles. The summed E-state index contributed by atoms with van der Waals surface area (Å²) in [5.74, 6) is -0.222. The number of carbonyl (C=O) groups is 1. The quantitative estimate of drug-likeness (QED) is 0.600. The van der Waals surface area contributed by atoms with Crippen LogP contribution >= 0.6 is 0 Å². The molecule has 0 aromatic heterocycles. The van der Waals surface area contributed by atoms with E-state index < -0.39 is 0 Å². The van der Waals surface area contributed by atoms with Crippen molar-refractivity contribution in [3.05, 3.63) is 35.4 Å². The van der Waals surface area contributed by atoms with E-state index in [9.17, 15) is 4.79 Å². The topological polar surface area (TPSA) is 35.5 Å². The maximum absolute atomic E-state index is 12.4. The SMILES string of the molecule is CCCCc1ccccc1C(=O)OC(CCCC)COC. The molecule has 0 amide bonds. The second kappa shape index (κ2) is 10.4. The highest BCUT2D eigenvalue weighted by atomic mass is 16.6. The van der Waals surface area contributed by atoms with E-state index in [1.807, 2.05) is 24.3 Å². The van der Waals surface area contributed by atoms with Crippen LogP contribution in [0.25, 0.3) is 0 Å². The Bertz CT molecular complexity index is 415. The standard InChI is InChI=1S/C18H28O3/c1-4-6-10-15-11-8-9-13-17(15)18(19)21-16(14-20-3)12-7-5-2/h8-9,11,13,16H,4-7,10,12,14H2,1-3H3. The van der Waals surface area contributed by atoms with Crippen LogP contribution in [0.2, 0.25) is 0 Å². The summed E-state index contributed by atoms with van der Waals surface area (Å²) in [5.41, 5.74) is 1.78. The van der Waals surface area contributed by atoms with Gasteiger partial charge in [0.2, 0.25) is 0 Å². The van der Waals surface area contributed by atoms with Gasteiger partial charge < -0.3 is 9.47 Å². The largest absolute Gasteiger partial charge is 0.456 e. The Morgan fingerprint density at radius 2 is 1.86 bits per heavy atom. The van der Waals surface area contributed by atoms with Crippen LogP contribution in [0.1, 0.15) is 61.9 Å². The molecule has 3 heteroatoms. The zero-order valence-electron chi connectivity index (χ0n) is 13.6. The van der Waals surface area contributed by atoms with Gasteiger partial charge in [-0.15, -0.1) is 0 Å². The van der Waals surface area contributed by atoms with Crippen LogP contribution in [-0.2, 0) is 15.9 Å². The van der Waals surface area contributed by atoms with Crippen LogP contribution in [-0.4, -0.2) is 25.8 Å². The second-order valence-corrected chi connectivity index (χ2v) is 5.39. The van der Waals surface area contributed by atoms with Crippen LogP contribution in [0.5, 0.6) is 0 Å². The lowest BCUT2D eigenvalue weighted by Gasteiger charge is -2.18. The number of methoxy groups -OCH3 is 1. The molecule has 1 unspecified atom stereocenters. The maximum Gasteiger partial charge on any atom is 0.338 e. The van der Waals surface area contributed by atoms with E-state index in [1.54, 1.807) is 7.11 Å². The number of hydrogen-bond acceptors (Lipinski definition) is 3. The minimum Gasteiger partial charge on any atom is -0.456 e. The molecule has 0 saturated carbocycles. The van der Waals surface area contributed by atoms with Gasteiger partial charge in [-0.3, -0.25) is 0 Å². The molecule has 0 aliphatic heterocycles. The molecule has 1 aromatic carbocycles. The van der Waals surface area contributed by atoms with Crippen molar-refractivity contribution in [1.29, 1.82) is 0 Å². The van der Waals surface area contributed by atoms with Crippen LogP contribution < -0.4 is 0 Å². The van der Waals surface area contributed by atoms with Gasteiger partial charge in [-0.2, -0.15) is 0 Å². The Morgan fingerprint density at radius 1 is 1.14 bits per heavy atom. The van der Waals surface area contributed by atoms with Crippen molar-refractivity contribution >= 4 is 5.97 Å². The minimum absolute atomic E-state index is 0.151. The van der Waals surface area contributed by atoms with Crippen molar-refractivity contribution in [2.24, 2.45) is 0 Å². The van der Waals surface area contributed by atoms with Gasteiger partial charge in [-0.25, -0.2) is 4.79 Å². The number of carbonyl (C=O) groups excluding carboxylic acids is 1. The summed E-state index contributed by atoms with van der Waals surface area (Å²) in [6.07, 6.45) is 5.96. The van der Waals surface area contributed by atoms with Gasteiger partial charge in [0, 0.05) is 7.11 Å². The number of aryl methyl sites for hydroxylation is 1. The highest BCUT2D eigenvalue weighted by Crippen LogP contribution is 2.16. The van der Waals surface area contributed by atoms with Crippen molar-refractivity contribution in [2.45, 2.75) is 58.5 Å². The van der Waals surface area contributed by atoms with E-state index >= 15 is 0 Å². The van der Waals surface area contributed by atoms with Gasteiger partial charge in [-0.1, -0.05) is 44.9 Å². The highest BCUT2D eigenvalue weighted by Gasteiger charge is 2.17. The van der Waals surface area contributed by atoms with Crippen molar-refractivity contribution in [2.75, 3.05) is 13.7 Å². The molecular formula is C18H28O3. The highest BCUT2D eigenvalue weighted by molar-refractivity contribution is 5.91. The van der Waals surface area contributed by atoms with E-state index in [1.165, 1.54) is 0 Å². The van der Waals surface area contributed by atoms with Crippen molar-refractivity contribution in [3.8, 4) is 0 Å². The average Bonchev–Trinajstić information content (AvgIpc) is 2.51. The van der Waals surface area contributed by atoms with Crippen LogP contribution in [0.3, 0.4) is 0 Å². The normalized spacial score (nSPS) is 12.1. The second-order valence-electron chi connectivity index (χ2n) is 5.39. The molecule has 0 spiro atoms. The molecule has 0 aliphatic rings. The minimum atomic E-state index is -0.222. The van der Waals surface area contributed by atoms with Gasteiger partial charge in [0.05, 0.1) is 12.2 Å². The monoisotopic (exact) mass is 292 g/mol. The number of ether oxygens (including phenoxy) is 2. The van der Waals surface area contributed by atoms with Gasteiger partial charge in [-0.05, 0) is 37.3 Å². The molecule has 0 heterocycles. The van der Waals surface area contributed by atoms with Crippen molar-refractivity contribution in [1.82, 2.24) is 0 Å². The molecule has 1 aromatic rings. The fraction of sp³-hybridized carbons (Fsp3) is 0.611. The summed E-state index contributed by atoms with van der Waals surface area (Å²) in [4.78, 5) is 12.4. The predicted octanol–water partition coefficient (Wildman–Crippen LogP) is 4.39. The lowest BCUT2D eigenvalue weighted by molar-refractivity contribution is 0.00241. The first-order valence-corrected chi connectivity index (χ1v) is 8.00. The molecule has 1 atom stereocenters. The molecule has 118 valence electrons. The molecule has 1 rings (SSSR count). The van der Waals surface area contributed by atoms with Gasteiger partial charge >= 0.3 is 5.97 Å².